The third kappa shape index (κ3) is 3.40. The minimum atomic E-state index is -3.24. The maximum absolute atomic E-state index is 12.1. The average Bonchev–Trinajstić information content (AvgIpc) is 2.25. The summed E-state index contributed by atoms with van der Waals surface area (Å²) in [6.45, 7) is 2.22. The first-order valence-electron chi connectivity index (χ1n) is 6.54. The SMILES string of the molecule is CNCC1CCCN(S(=O)(=O)NC2CCC2)C1. The number of hydrogen-bond acceptors (Lipinski definition) is 3. The van der Waals surface area contributed by atoms with Crippen LogP contribution in [0.2, 0.25) is 0 Å². The highest BCUT2D eigenvalue weighted by Gasteiger charge is 2.31. The van der Waals surface area contributed by atoms with Crippen molar-refractivity contribution in [2.45, 2.75) is 38.1 Å². The van der Waals surface area contributed by atoms with Crippen LogP contribution in [0.1, 0.15) is 32.1 Å². The number of piperidine rings is 1. The second kappa shape index (κ2) is 5.65. The van der Waals surface area contributed by atoms with Gasteiger partial charge in [0.1, 0.15) is 0 Å². The molecule has 1 aliphatic carbocycles. The van der Waals surface area contributed by atoms with Crippen LogP contribution in [-0.2, 0) is 10.2 Å². The van der Waals surface area contributed by atoms with Crippen molar-refractivity contribution in [1.29, 1.82) is 0 Å². The molecule has 0 amide bonds. The van der Waals surface area contributed by atoms with Gasteiger partial charge in [-0.15, -0.1) is 0 Å². The van der Waals surface area contributed by atoms with Crippen LogP contribution in [0.5, 0.6) is 0 Å². The fourth-order valence-electron chi connectivity index (χ4n) is 2.51. The second-order valence-electron chi connectivity index (χ2n) is 5.17. The Bertz CT molecular complexity index is 339. The number of nitrogens with zero attached hydrogens (tertiary/aromatic N) is 1. The van der Waals surface area contributed by atoms with Crippen LogP contribution in [0.3, 0.4) is 0 Å². The maximum Gasteiger partial charge on any atom is 0.279 e. The molecule has 17 heavy (non-hydrogen) atoms. The molecular formula is C11H23N3O2S. The Morgan fingerprint density at radius 3 is 2.59 bits per heavy atom. The second-order valence-corrected chi connectivity index (χ2v) is 6.88. The van der Waals surface area contributed by atoms with Gasteiger partial charge in [0.15, 0.2) is 0 Å². The zero-order valence-electron chi connectivity index (χ0n) is 10.5. The molecule has 1 aliphatic heterocycles. The van der Waals surface area contributed by atoms with Crippen LogP contribution in [0, 0.1) is 5.92 Å². The largest absolute Gasteiger partial charge is 0.319 e. The number of hydrogen-bond donors (Lipinski definition) is 2. The van der Waals surface area contributed by atoms with Gasteiger partial charge in [0.05, 0.1) is 0 Å². The summed E-state index contributed by atoms with van der Waals surface area (Å²) in [5, 5.41) is 3.13. The molecule has 2 aliphatic rings. The standard InChI is InChI=1S/C11H23N3O2S/c1-12-8-10-4-3-7-14(9-10)17(15,16)13-11-5-2-6-11/h10-13H,2-9H2,1H3. The molecule has 1 heterocycles. The fraction of sp³-hybridized carbons (Fsp3) is 1.00. The van der Waals surface area contributed by atoms with E-state index in [0.717, 1.165) is 38.6 Å². The lowest BCUT2D eigenvalue weighted by Gasteiger charge is -2.34. The Kier molecular flexibility index (Phi) is 4.41. The highest BCUT2D eigenvalue weighted by atomic mass is 32.2. The van der Waals surface area contributed by atoms with Crippen molar-refractivity contribution in [2.75, 3.05) is 26.7 Å². The van der Waals surface area contributed by atoms with E-state index in [9.17, 15) is 8.42 Å². The van der Waals surface area contributed by atoms with Crippen molar-refractivity contribution < 1.29 is 8.42 Å². The monoisotopic (exact) mass is 261 g/mol. The fourth-order valence-corrected chi connectivity index (χ4v) is 4.09. The highest BCUT2D eigenvalue weighted by molar-refractivity contribution is 7.87. The number of nitrogens with one attached hydrogen (secondary N) is 2. The first-order valence-corrected chi connectivity index (χ1v) is 7.98. The molecule has 2 rings (SSSR count). The summed E-state index contributed by atoms with van der Waals surface area (Å²) in [6, 6.07) is 0.185. The average molecular weight is 261 g/mol. The molecular weight excluding hydrogens is 238 g/mol. The zero-order valence-corrected chi connectivity index (χ0v) is 11.3. The van der Waals surface area contributed by atoms with Gasteiger partial charge in [-0.05, 0) is 45.2 Å². The number of rotatable bonds is 5. The zero-order chi connectivity index (χ0) is 12.3. The Morgan fingerprint density at radius 2 is 2.00 bits per heavy atom. The van der Waals surface area contributed by atoms with Crippen molar-refractivity contribution in [2.24, 2.45) is 5.92 Å². The van der Waals surface area contributed by atoms with Crippen molar-refractivity contribution in [3.63, 3.8) is 0 Å². The molecule has 2 fully saturated rings. The van der Waals surface area contributed by atoms with E-state index in [1.807, 2.05) is 7.05 Å². The van der Waals surface area contributed by atoms with Gasteiger partial charge in [0.2, 0.25) is 0 Å². The molecule has 2 N–H and O–H groups in total. The molecule has 0 radical (unpaired) electrons. The molecule has 0 aromatic rings. The normalized spacial score (nSPS) is 27.9. The van der Waals surface area contributed by atoms with Gasteiger partial charge in [-0.25, -0.2) is 0 Å². The van der Waals surface area contributed by atoms with E-state index in [0.29, 0.717) is 19.0 Å². The Labute approximate surface area is 104 Å². The van der Waals surface area contributed by atoms with E-state index in [-0.39, 0.29) is 6.04 Å². The summed E-state index contributed by atoms with van der Waals surface area (Å²) in [4.78, 5) is 0. The van der Waals surface area contributed by atoms with Crippen LogP contribution in [0.25, 0.3) is 0 Å². The third-order valence-corrected chi connectivity index (χ3v) is 5.38. The van der Waals surface area contributed by atoms with Gasteiger partial charge in [0, 0.05) is 19.1 Å². The molecule has 1 saturated carbocycles. The predicted molar refractivity (Wildman–Crippen MR) is 67.9 cm³/mol. The highest BCUT2D eigenvalue weighted by Crippen LogP contribution is 2.22. The molecule has 0 spiro atoms. The van der Waals surface area contributed by atoms with Crippen LogP contribution >= 0.6 is 0 Å². The van der Waals surface area contributed by atoms with E-state index in [1.165, 1.54) is 0 Å². The van der Waals surface area contributed by atoms with Crippen LogP contribution in [-0.4, -0.2) is 45.4 Å². The van der Waals surface area contributed by atoms with Gasteiger partial charge in [-0.2, -0.15) is 17.4 Å². The topological polar surface area (TPSA) is 61.4 Å². The molecule has 1 atom stereocenters. The third-order valence-electron chi connectivity index (χ3n) is 3.74. The minimum Gasteiger partial charge on any atom is -0.319 e. The summed E-state index contributed by atoms with van der Waals surface area (Å²) in [7, 11) is -1.32. The predicted octanol–water partition coefficient (Wildman–Crippen LogP) is 0.305. The van der Waals surface area contributed by atoms with Crippen molar-refractivity contribution in [3.8, 4) is 0 Å². The Balaban J connectivity index is 1.90. The van der Waals surface area contributed by atoms with Gasteiger partial charge >= 0.3 is 0 Å². The summed E-state index contributed by atoms with van der Waals surface area (Å²) >= 11 is 0. The Morgan fingerprint density at radius 1 is 1.24 bits per heavy atom. The van der Waals surface area contributed by atoms with Crippen LogP contribution < -0.4 is 10.0 Å². The molecule has 5 nitrogen and oxygen atoms in total. The summed E-state index contributed by atoms with van der Waals surface area (Å²) in [5.41, 5.74) is 0. The van der Waals surface area contributed by atoms with Crippen LogP contribution in [0.4, 0.5) is 0 Å². The van der Waals surface area contributed by atoms with Gasteiger partial charge in [0.25, 0.3) is 10.2 Å². The molecule has 0 aromatic carbocycles. The van der Waals surface area contributed by atoms with Crippen LogP contribution in [0.15, 0.2) is 0 Å². The molecule has 0 aromatic heterocycles. The minimum absolute atomic E-state index is 0.185. The molecule has 100 valence electrons. The summed E-state index contributed by atoms with van der Waals surface area (Å²) in [5.74, 6) is 0.451. The van der Waals surface area contributed by atoms with Crippen molar-refractivity contribution in [1.82, 2.24) is 14.3 Å². The first kappa shape index (κ1) is 13.3. The van der Waals surface area contributed by atoms with E-state index >= 15 is 0 Å². The molecule has 1 unspecified atom stereocenters. The van der Waals surface area contributed by atoms with Gasteiger partial charge < -0.3 is 5.32 Å². The molecule has 6 heteroatoms. The van der Waals surface area contributed by atoms with E-state index in [1.54, 1.807) is 4.31 Å². The summed E-state index contributed by atoms with van der Waals surface area (Å²) < 4.78 is 28.7. The maximum atomic E-state index is 12.1. The van der Waals surface area contributed by atoms with Gasteiger partial charge in [-0.3, -0.25) is 0 Å². The van der Waals surface area contributed by atoms with E-state index < -0.39 is 10.2 Å². The quantitative estimate of drug-likeness (QED) is 0.748. The molecule has 0 bridgehead atoms. The van der Waals surface area contributed by atoms with E-state index in [2.05, 4.69) is 10.0 Å². The van der Waals surface area contributed by atoms with Crippen molar-refractivity contribution >= 4 is 10.2 Å². The Hall–Kier alpha value is -0.170. The molecule has 1 saturated heterocycles. The lowest BCUT2D eigenvalue weighted by molar-refractivity contribution is 0.256. The smallest absolute Gasteiger partial charge is 0.279 e. The first-order chi connectivity index (χ1) is 8.12. The van der Waals surface area contributed by atoms with Crippen molar-refractivity contribution in [3.05, 3.63) is 0 Å². The lowest BCUT2D eigenvalue weighted by atomic mass is 9.94. The summed E-state index contributed by atoms with van der Waals surface area (Å²) in [6.07, 6.45) is 5.23. The lowest BCUT2D eigenvalue weighted by Crippen LogP contribution is -2.51. The van der Waals surface area contributed by atoms with E-state index in [4.69, 9.17) is 0 Å². The van der Waals surface area contributed by atoms with Gasteiger partial charge in [-0.1, -0.05) is 6.42 Å².